The van der Waals surface area contributed by atoms with E-state index < -0.39 is 0 Å². The maximum atomic E-state index is 13.5. The number of carbonyl (C=O) groups is 1. The highest BCUT2D eigenvalue weighted by atomic mass is 35.5. The molecule has 1 amide bonds. The lowest BCUT2D eigenvalue weighted by atomic mass is 9.68. The second-order valence-corrected chi connectivity index (χ2v) is 11.8. The second-order valence-electron chi connectivity index (χ2n) is 11.3. The number of rotatable bonds is 5. The Morgan fingerprint density at radius 1 is 1.12 bits per heavy atom. The molecular weight excluding hydrogens is 442 g/mol. The molecule has 2 fully saturated rings. The highest BCUT2D eigenvalue weighted by molar-refractivity contribution is 6.31. The van der Waals surface area contributed by atoms with Crippen LogP contribution in [0.1, 0.15) is 67.2 Å². The third-order valence-corrected chi connectivity index (χ3v) is 8.89. The molecule has 0 aliphatic heterocycles. The van der Waals surface area contributed by atoms with Crippen molar-refractivity contribution in [2.24, 2.45) is 16.7 Å². The van der Waals surface area contributed by atoms with Crippen LogP contribution in [0.2, 0.25) is 5.02 Å². The summed E-state index contributed by atoms with van der Waals surface area (Å²) in [5.74, 6) is 0.593. The smallest absolute Gasteiger partial charge is 0.272 e. The van der Waals surface area contributed by atoms with Gasteiger partial charge in [0.1, 0.15) is 0 Å². The normalized spacial score (nSPS) is 25.0. The lowest BCUT2D eigenvalue weighted by Crippen LogP contribution is -2.52. The number of carbonyl (C=O) groups excluding carboxylic acids is 1. The Morgan fingerprint density at radius 2 is 1.85 bits per heavy atom. The molecule has 34 heavy (non-hydrogen) atoms. The molecule has 1 N–H and O–H groups in total. The van der Waals surface area contributed by atoms with Crippen molar-refractivity contribution in [2.45, 2.75) is 66.5 Å². The Morgan fingerprint density at radius 3 is 2.50 bits per heavy atom. The van der Waals surface area contributed by atoms with Crippen molar-refractivity contribution < 1.29 is 4.79 Å². The second kappa shape index (κ2) is 8.27. The van der Waals surface area contributed by atoms with Crippen LogP contribution < -0.4 is 5.32 Å². The fraction of sp³-hybridized carbons (Fsp3) is 0.448. The lowest BCUT2D eigenvalue weighted by molar-refractivity contribution is 0.0732. The summed E-state index contributed by atoms with van der Waals surface area (Å²) >= 11 is 6.29. The molecule has 2 bridgehead atoms. The van der Waals surface area contributed by atoms with E-state index in [-0.39, 0.29) is 22.8 Å². The highest BCUT2D eigenvalue weighted by Crippen LogP contribution is 2.62. The minimum atomic E-state index is -0.0820. The van der Waals surface area contributed by atoms with E-state index in [1.165, 1.54) is 24.8 Å². The number of halogens is 1. The minimum absolute atomic E-state index is 0.0820. The van der Waals surface area contributed by atoms with Gasteiger partial charge in [0.15, 0.2) is 5.69 Å². The van der Waals surface area contributed by atoms with Crippen LogP contribution in [0.5, 0.6) is 0 Å². The van der Waals surface area contributed by atoms with Crippen molar-refractivity contribution in [1.82, 2.24) is 15.1 Å². The summed E-state index contributed by atoms with van der Waals surface area (Å²) in [4.78, 5) is 13.5. The van der Waals surface area contributed by atoms with E-state index in [1.807, 2.05) is 29.8 Å². The van der Waals surface area contributed by atoms with Crippen LogP contribution in [-0.2, 0) is 6.54 Å². The van der Waals surface area contributed by atoms with Crippen molar-refractivity contribution in [3.05, 3.63) is 75.9 Å². The fourth-order valence-corrected chi connectivity index (χ4v) is 6.54. The van der Waals surface area contributed by atoms with E-state index in [0.717, 1.165) is 27.4 Å². The first-order valence-corrected chi connectivity index (χ1v) is 12.7. The van der Waals surface area contributed by atoms with Crippen molar-refractivity contribution in [3.63, 3.8) is 0 Å². The van der Waals surface area contributed by atoms with Gasteiger partial charge in [0, 0.05) is 16.6 Å². The van der Waals surface area contributed by atoms with Gasteiger partial charge in [0.25, 0.3) is 5.91 Å². The molecule has 178 valence electrons. The molecule has 0 unspecified atom stereocenters. The molecule has 2 aliphatic rings. The first-order valence-electron chi connectivity index (χ1n) is 12.3. The highest BCUT2D eigenvalue weighted by Gasteiger charge is 2.59. The van der Waals surface area contributed by atoms with Crippen LogP contribution in [0.3, 0.4) is 0 Å². The SMILES string of the molecule is Cc1ccc(Cn2nc(C(=O)N[C@@H]3C(C)(C)[C@H]4CC[C@@]3(C)C4)cc2-c2ccc(Cl)c(C)c2)cc1. The average molecular weight is 476 g/mol. The van der Waals surface area contributed by atoms with E-state index >= 15 is 0 Å². The van der Waals surface area contributed by atoms with Crippen LogP contribution in [0.15, 0.2) is 48.5 Å². The maximum absolute atomic E-state index is 13.5. The molecule has 5 rings (SSSR count). The number of hydrogen-bond donors (Lipinski definition) is 1. The predicted molar refractivity (Wildman–Crippen MR) is 138 cm³/mol. The Labute approximate surface area is 207 Å². The fourth-order valence-electron chi connectivity index (χ4n) is 6.42. The number of benzene rings is 2. The molecule has 0 radical (unpaired) electrons. The van der Waals surface area contributed by atoms with Gasteiger partial charge in [-0.15, -0.1) is 0 Å². The standard InChI is InChI=1S/C29H34ClN3O/c1-18-6-8-20(9-7-18)17-33-25(21-10-11-23(30)19(2)14-21)15-24(32-33)26(34)31-27-28(3,4)22-12-13-29(27,5)16-22/h6-11,14-15,22,27H,12-13,16-17H2,1-5H3,(H,31,34)/t22-,27+,29-/m0/s1. The van der Waals surface area contributed by atoms with Gasteiger partial charge < -0.3 is 5.32 Å². The van der Waals surface area contributed by atoms with E-state index in [9.17, 15) is 4.79 Å². The van der Waals surface area contributed by atoms with Crippen molar-refractivity contribution in [2.75, 3.05) is 0 Å². The van der Waals surface area contributed by atoms with Gasteiger partial charge in [-0.1, -0.05) is 68.3 Å². The van der Waals surface area contributed by atoms with E-state index in [0.29, 0.717) is 18.2 Å². The predicted octanol–water partition coefficient (Wildman–Crippen LogP) is 6.81. The van der Waals surface area contributed by atoms with E-state index in [1.54, 1.807) is 0 Å². The minimum Gasteiger partial charge on any atom is -0.347 e. The number of fused-ring (bicyclic) bond motifs is 2. The molecule has 1 heterocycles. The third kappa shape index (κ3) is 3.96. The number of amides is 1. The van der Waals surface area contributed by atoms with Gasteiger partial charge in [-0.2, -0.15) is 5.10 Å². The molecule has 5 heteroatoms. The molecule has 3 aromatic rings. The largest absolute Gasteiger partial charge is 0.347 e. The van der Waals surface area contributed by atoms with Crippen molar-refractivity contribution in [1.29, 1.82) is 0 Å². The van der Waals surface area contributed by atoms with Gasteiger partial charge >= 0.3 is 0 Å². The van der Waals surface area contributed by atoms with Crippen LogP contribution in [0.25, 0.3) is 11.3 Å². The van der Waals surface area contributed by atoms with Gasteiger partial charge in [0.2, 0.25) is 0 Å². The van der Waals surface area contributed by atoms with Gasteiger partial charge in [-0.25, -0.2) is 0 Å². The molecule has 0 spiro atoms. The molecule has 2 aromatic carbocycles. The number of aromatic nitrogens is 2. The van der Waals surface area contributed by atoms with Crippen LogP contribution in [0.4, 0.5) is 0 Å². The number of nitrogens with zero attached hydrogens (tertiary/aromatic N) is 2. The van der Waals surface area contributed by atoms with Gasteiger partial charge in [-0.3, -0.25) is 9.48 Å². The summed E-state index contributed by atoms with van der Waals surface area (Å²) in [5, 5.41) is 8.94. The maximum Gasteiger partial charge on any atom is 0.272 e. The summed E-state index contributed by atoms with van der Waals surface area (Å²) in [6, 6.07) is 16.5. The van der Waals surface area contributed by atoms with Crippen molar-refractivity contribution >= 4 is 17.5 Å². The molecule has 2 aliphatic carbocycles. The summed E-state index contributed by atoms with van der Waals surface area (Å²) in [7, 11) is 0. The molecule has 0 saturated heterocycles. The van der Waals surface area contributed by atoms with Gasteiger partial charge in [0.05, 0.1) is 12.2 Å². The van der Waals surface area contributed by atoms with Crippen LogP contribution in [0, 0.1) is 30.6 Å². The first-order chi connectivity index (χ1) is 16.1. The average Bonchev–Trinajstić information content (AvgIpc) is 3.44. The summed E-state index contributed by atoms with van der Waals surface area (Å²) in [5.41, 5.74) is 6.04. The van der Waals surface area contributed by atoms with Crippen molar-refractivity contribution in [3.8, 4) is 11.3 Å². The topological polar surface area (TPSA) is 46.9 Å². The molecule has 1 aromatic heterocycles. The number of nitrogens with one attached hydrogen (secondary N) is 1. The zero-order valence-corrected chi connectivity index (χ0v) is 21.5. The molecule has 2 saturated carbocycles. The Kier molecular flexibility index (Phi) is 5.63. The summed E-state index contributed by atoms with van der Waals surface area (Å²) < 4.78 is 1.94. The monoisotopic (exact) mass is 475 g/mol. The van der Waals surface area contributed by atoms with Crippen LogP contribution >= 0.6 is 11.6 Å². The Hall–Kier alpha value is -2.59. The zero-order valence-electron chi connectivity index (χ0n) is 20.8. The van der Waals surface area contributed by atoms with Crippen LogP contribution in [-0.4, -0.2) is 21.7 Å². The number of aryl methyl sites for hydroxylation is 2. The first kappa shape index (κ1) is 23.2. The van der Waals surface area contributed by atoms with Gasteiger partial charge in [-0.05, 0) is 79.2 Å². The molecular formula is C29H34ClN3O. The number of hydrogen-bond acceptors (Lipinski definition) is 2. The Balaban J connectivity index is 1.49. The van der Waals surface area contributed by atoms with E-state index in [4.69, 9.17) is 16.7 Å². The summed E-state index contributed by atoms with van der Waals surface area (Å²) in [6.45, 7) is 11.6. The third-order valence-electron chi connectivity index (χ3n) is 8.46. The summed E-state index contributed by atoms with van der Waals surface area (Å²) in [6.07, 6.45) is 3.65. The Bertz CT molecular complexity index is 1240. The van der Waals surface area contributed by atoms with E-state index in [2.05, 4.69) is 63.3 Å². The molecule has 4 nitrogen and oxygen atoms in total. The quantitative estimate of drug-likeness (QED) is 0.440. The zero-order chi connectivity index (χ0) is 24.3. The molecule has 3 atom stereocenters. The lowest BCUT2D eigenvalue weighted by Gasteiger charge is -2.42.